The van der Waals surface area contributed by atoms with Gasteiger partial charge in [-0.3, -0.25) is 19.2 Å². The zero-order valence-electron chi connectivity index (χ0n) is 17.8. The standard InChI is InChI=1S/C23H26ClN3O4S/c1-31-27-21(29)16-6-3-2-5-15(16)20(28)26-23-19(17-7-4-8-18(17)32-23)22(30)25-14-11-9-13(24)10-12-14/h9-12,15-16H,2-8H2,1H3,(H,25,30)(H,26,28)(H,27,29)/t15-,16+/m0/s1. The first kappa shape index (κ1) is 22.8. The van der Waals surface area contributed by atoms with Crippen molar-refractivity contribution >= 4 is 51.3 Å². The van der Waals surface area contributed by atoms with Gasteiger partial charge in [-0.15, -0.1) is 11.3 Å². The molecule has 2 aliphatic rings. The van der Waals surface area contributed by atoms with Gasteiger partial charge in [0.05, 0.1) is 18.6 Å². The number of amides is 3. The maximum Gasteiger partial charge on any atom is 0.258 e. The lowest BCUT2D eigenvalue weighted by Gasteiger charge is -2.29. The van der Waals surface area contributed by atoms with Crippen LogP contribution in [0, 0.1) is 11.8 Å². The Balaban J connectivity index is 1.56. The third-order valence-electron chi connectivity index (χ3n) is 6.13. The fourth-order valence-electron chi connectivity index (χ4n) is 4.60. The van der Waals surface area contributed by atoms with Crippen molar-refractivity contribution in [2.24, 2.45) is 11.8 Å². The highest BCUT2D eigenvalue weighted by Crippen LogP contribution is 2.40. The molecule has 32 heavy (non-hydrogen) atoms. The molecule has 1 aromatic heterocycles. The average molecular weight is 476 g/mol. The Labute approximate surface area is 195 Å². The van der Waals surface area contributed by atoms with Crippen LogP contribution >= 0.6 is 22.9 Å². The molecule has 7 nitrogen and oxygen atoms in total. The van der Waals surface area contributed by atoms with Crippen LogP contribution < -0.4 is 16.1 Å². The largest absolute Gasteiger partial charge is 0.322 e. The Bertz CT molecular complexity index is 1020. The quantitative estimate of drug-likeness (QED) is 0.533. The number of hydrogen-bond donors (Lipinski definition) is 3. The van der Waals surface area contributed by atoms with Crippen molar-refractivity contribution in [2.75, 3.05) is 17.7 Å². The SMILES string of the molecule is CONC(=O)[C@@H]1CCCC[C@@H]1C(=O)Nc1sc2c(c1C(=O)Nc1ccc(Cl)cc1)CCC2. The molecule has 3 amide bonds. The number of fused-ring (bicyclic) bond motifs is 1. The summed E-state index contributed by atoms with van der Waals surface area (Å²) in [6, 6.07) is 6.91. The number of halogens is 1. The fourth-order valence-corrected chi connectivity index (χ4v) is 6.01. The number of aryl methyl sites for hydroxylation is 1. The summed E-state index contributed by atoms with van der Waals surface area (Å²) in [7, 11) is 1.38. The molecule has 0 aliphatic heterocycles. The molecule has 0 unspecified atom stereocenters. The molecule has 1 saturated carbocycles. The summed E-state index contributed by atoms with van der Waals surface area (Å²) >= 11 is 7.40. The van der Waals surface area contributed by atoms with Gasteiger partial charge in [-0.2, -0.15) is 0 Å². The van der Waals surface area contributed by atoms with Crippen molar-refractivity contribution in [1.29, 1.82) is 0 Å². The second kappa shape index (κ2) is 10.0. The van der Waals surface area contributed by atoms with Gasteiger partial charge in [0.25, 0.3) is 5.91 Å². The molecule has 2 aromatic rings. The van der Waals surface area contributed by atoms with E-state index in [1.165, 1.54) is 18.4 Å². The molecule has 9 heteroatoms. The second-order valence-electron chi connectivity index (χ2n) is 8.18. The molecule has 0 saturated heterocycles. The summed E-state index contributed by atoms with van der Waals surface area (Å²) in [6.45, 7) is 0. The Hall–Kier alpha value is -2.42. The van der Waals surface area contributed by atoms with Crippen LogP contribution in [-0.4, -0.2) is 24.8 Å². The lowest BCUT2D eigenvalue weighted by atomic mass is 9.78. The van der Waals surface area contributed by atoms with E-state index in [9.17, 15) is 14.4 Å². The van der Waals surface area contributed by atoms with E-state index in [4.69, 9.17) is 16.4 Å². The van der Waals surface area contributed by atoms with E-state index in [0.717, 1.165) is 42.5 Å². The fraction of sp³-hybridized carbons (Fsp3) is 0.435. The molecule has 3 N–H and O–H groups in total. The van der Waals surface area contributed by atoms with Gasteiger partial charge in [0.1, 0.15) is 5.00 Å². The van der Waals surface area contributed by atoms with Crippen LogP contribution in [0.5, 0.6) is 0 Å². The summed E-state index contributed by atoms with van der Waals surface area (Å²) in [4.78, 5) is 44.7. The minimum atomic E-state index is -0.456. The molecule has 0 radical (unpaired) electrons. The molecule has 1 fully saturated rings. The molecule has 1 heterocycles. The van der Waals surface area contributed by atoms with Gasteiger partial charge < -0.3 is 10.6 Å². The summed E-state index contributed by atoms with van der Waals surface area (Å²) in [5, 5.41) is 7.05. The van der Waals surface area contributed by atoms with Crippen LogP contribution in [-0.2, 0) is 27.3 Å². The van der Waals surface area contributed by atoms with Crippen molar-refractivity contribution < 1.29 is 19.2 Å². The Kier molecular flexibility index (Phi) is 7.13. The van der Waals surface area contributed by atoms with E-state index >= 15 is 0 Å². The Morgan fingerprint density at radius 3 is 2.34 bits per heavy atom. The van der Waals surface area contributed by atoms with Crippen molar-refractivity contribution in [3.63, 3.8) is 0 Å². The molecule has 2 atom stereocenters. The molecule has 0 spiro atoms. The number of hydrogen-bond acceptors (Lipinski definition) is 5. The summed E-state index contributed by atoms with van der Waals surface area (Å²) in [6.07, 6.45) is 5.77. The van der Waals surface area contributed by atoms with Crippen LogP contribution in [0.15, 0.2) is 24.3 Å². The number of nitrogens with one attached hydrogen (secondary N) is 3. The summed E-state index contributed by atoms with van der Waals surface area (Å²) < 4.78 is 0. The molecule has 4 rings (SSSR count). The van der Waals surface area contributed by atoms with Gasteiger partial charge in [0, 0.05) is 21.5 Å². The number of rotatable bonds is 6. The molecule has 170 valence electrons. The zero-order chi connectivity index (χ0) is 22.7. The predicted molar refractivity (Wildman–Crippen MR) is 125 cm³/mol. The summed E-state index contributed by atoms with van der Waals surface area (Å²) in [5.74, 6) is -1.65. The lowest BCUT2D eigenvalue weighted by Crippen LogP contribution is -2.41. The van der Waals surface area contributed by atoms with Gasteiger partial charge in [-0.05, 0) is 61.9 Å². The van der Waals surface area contributed by atoms with Gasteiger partial charge in [-0.25, -0.2) is 5.48 Å². The van der Waals surface area contributed by atoms with Crippen LogP contribution in [0.3, 0.4) is 0 Å². The normalized spacial score (nSPS) is 19.8. The first-order valence-corrected chi connectivity index (χ1v) is 12.0. The number of hydroxylamine groups is 1. The molecule has 2 aliphatic carbocycles. The first-order chi connectivity index (χ1) is 15.5. The molecule has 0 bridgehead atoms. The van der Waals surface area contributed by atoms with Crippen molar-refractivity contribution in [3.8, 4) is 0 Å². The smallest absolute Gasteiger partial charge is 0.258 e. The molecular weight excluding hydrogens is 450 g/mol. The molecule has 1 aromatic carbocycles. The van der Waals surface area contributed by atoms with E-state index in [-0.39, 0.29) is 17.7 Å². The Morgan fingerprint density at radius 1 is 0.969 bits per heavy atom. The summed E-state index contributed by atoms with van der Waals surface area (Å²) in [5.41, 5.74) is 4.54. The van der Waals surface area contributed by atoms with Crippen molar-refractivity contribution in [2.45, 2.75) is 44.9 Å². The monoisotopic (exact) mass is 475 g/mol. The van der Waals surface area contributed by atoms with Gasteiger partial charge >= 0.3 is 0 Å². The van der Waals surface area contributed by atoms with Gasteiger partial charge in [0.2, 0.25) is 11.8 Å². The van der Waals surface area contributed by atoms with E-state index in [2.05, 4.69) is 16.1 Å². The number of thiophene rings is 1. The third kappa shape index (κ3) is 4.82. The lowest BCUT2D eigenvalue weighted by molar-refractivity contribution is -0.142. The van der Waals surface area contributed by atoms with Gasteiger partial charge in [-0.1, -0.05) is 24.4 Å². The minimum absolute atomic E-state index is 0.221. The zero-order valence-corrected chi connectivity index (χ0v) is 19.4. The van der Waals surface area contributed by atoms with E-state index < -0.39 is 11.8 Å². The highest BCUT2D eigenvalue weighted by Gasteiger charge is 2.37. The van der Waals surface area contributed by atoms with Crippen LogP contribution in [0.25, 0.3) is 0 Å². The first-order valence-electron chi connectivity index (χ1n) is 10.8. The topological polar surface area (TPSA) is 96.5 Å². The van der Waals surface area contributed by atoms with Crippen molar-refractivity contribution in [1.82, 2.24) is 5.48 Å². The highest BCUT2D eigenvalue weighted by atomic mass is 35.5. The third-order valence-corrected chi connectivity index (χ3v) is 7.59. The van der Waals surface area contributed by atoms with Crippen LogP contribution in [0.2, 0.25) is 5.02 Å². The number of anilines is 2. The highest BCUT2D eigenvalue weighted by molar-refractivity contribution is 7.17. The minimum Gasteiger partial charge on any atom is -0.322 e. The number of carbonyl (C=O) groups excluding carboxylic acids is 3. The van der Waals surface area contributed by atoms with E-state index in [1.807, 2.05) is 0 Å². The van der Waals surface area contributed by atoms with E-state index in [1.54, 1.807) is 24.3 Å². The molecular formula is C23H26ClN3O4S. The Morgan fingerprint density at radius 2 is 1.66 bits per heavy atom. The van der Waals surface area contributed by atoms with Crippen LogP contribution in [0.1, 0.15) is 52.9 Å². The maximum absolute atomic E-state index is 13.2. The van der Waals surface area contributed by atoms with Crippen molar-refractivity contribution in [3.05, 3.63) is 45.3 Å². The maximum atomic E-state index is 13.2. The average Bonchev–Trinajstić information content (AvgIpc) is 3.36. The van der Waals surface area contributed by atoms with Gasteiger partial charge in [0.15, 0.2) is 0 Å². The number of carbonyl (C=O) groups is 3. The van der Waals surface area contributed by atoms with Crippen LogP contribution in [0.4, 0.5) is 10.7 Å². The predicted octanol–water partition coefficient (Wildman–Crippen LogP) is 4.57. The number of benzene rings is 1. The second-order valence-corrected chi connectivity index (χ2v) is 9.72. The van der Waals surface area contributed by atoms with E-state index in [0.29, 0.717) is 34.1 Å².